The Morgan fingerprint density at radius 3 is 3.05 bits per heavy atom. The highest BCUT2D eigenvalue weighted by Gasteiger charge is 2.34. The second-order valence-corrected chi connectivity index (χ2v) is 8.00. The number of thiophene rings is 2. The van der Waals surface area contributed by atoms with E-state index in [0.717, 1.165) is 10.9 Å². The van der Waals surface area contributed by atoms with Crippen LogP contribution < -0.4 is 5.32 Å². The number of fused-ring (bicyclic) bond motifs is 3. The van der Waals surface area contributed by atoms with Crippen LogP contribution in [0.1, 0.15) is 46.6 Å². The minimum atomic E-state index is 0.169. The summed E-state index contributed by atoms with van der Waals surface area (Å²) in [6.07, 6.45) is 4.24. The first kappa shape index (κ1) is 12.6. The Kier molecular flexibility index (Phi) is 2.97. The third-order valence-corrected chi connectivity index (χ3v) is 6.60. The first-order valence-electron chi connectivity index (χ1n) is 7.20. The summed E-state index contributed by atoms with van der Waals surface area (Å²) in [4.78, 5) is 14.9. The predicted octanol–water partition coefficient (Wildman–Crippen LogP) is 4.41. The number of anilines is 1. The molecular weight excluding hydrogens is 286 g/mol. The van der Waals surface area contributed by atoms with Crippen molar-refractivity contribution in [2.24, 2.45) is 5.92 Å². The summed E-state index contributed by atoms with van der Waals surface area (Å²) in [6, 6.07) is 4.26. The van der Waals surface area contributed by atoms with Crippen molar-refractivity contribution in [3.05, 3.63) is 38.4 Å². The van der Waals surface area contributed by atoms with Crippen molar-refractivity contribution in [1.82, 2.24) is 0 Å². The molecule has 2 aliphatic rings. The van der Waals surface area contributed by atoms with E-state index >= 15 is 0 Å². The maximum Gasteiger partial charge on any atom is 0.225 e. The van der Waals surface area contributed by atoms with Crippen LogP contribution in [-0.2, 0) is 17.6 Å². The van der Waals surface area contributed by atoms with Gasteiger partial charge < -0.3 is 5.32 Å². The van der Waals surface area contributed by atoms with E-state index in [2.05, 4.69) is 29.8 Å². The van der Waals surface area contributed by atoms with E-state index in [4.69, 9.17) is 0 Å². The van der Waals surface area contributed by atoms with Crippen LogP contribution in [0, 0.1) is 5.92 Å². The number of carbonyl (C=O) groups is 1. The molecule has 0 aromatic carbocycles. The molecule has 4 rings (SSSR count). The van der Waals surface area contributed by atoms with Crippen LogP contribution in [0.15, 0.2) is 17.5 Å². The molecule has 0 saturated carbocycles. The summed E-state index contributed by atoms with van der Waals surface area (Å²) in [7, 11) is 0. The number of carbonyl (C=O) groups excluding carboxylic acids is 1. The fraction of sp³-hybridized carbons (Fsp3) is 0.438. The number of hydrogen-bond acceptors (Lipinski definition) is 3. The summed E-state index contributed by atoms with van der Waals surface area (Å²) in [5, 5.41) is 6.35. The van der Waals surface area contributed by atoms with Crippen LogP contribution in [0.5, 0.6) is 0 Å². The minimum Gasteiger partial charge on any atom is -0.317 e. The van der Waals surface area contributed by atoms with Gasteiger partial charge >= 0.3 is 0 Å². The van der Waals surface area contributed by atoms with E-state index in [0.29, 0.717) is 6.42 Å². The van der Waals surface area contributed by atoms with Gasteiger partial charge in [-0.3, -0.25) is 4.79 Å². The zero-order valence-electron chi connectivity index (χ0n) is 11.4. The maximum atomic E-state index is 12.0. The van der Waals surface area contributed by atoms with Gasteiger partial charge in [-0.15, -0.1) is 22.7 Å². The summed E-state index contributed by atoms with van der Waals surface area (Å²) in [5.41, 5.74) is 2.97. The van der Waals surface area contributed by atoms with Crippen molar-refractivity contribution in [2.75, 3.05) is 5.32 Å². The van der Waals surface area contributed by atoms with Crippen molar-refractivity contribution in [3.8, 4) is 0 Å². The van der Waals surface area contributed by atoms with E-state index in [-0.39, 0.29) is 11.8 Å². The first-order chi connectivity index (χ1) is 9.72. The van der Waals surface area contributed by atoms with Gasteiger partial charge in [0.15, 0.2) is 0 Å². The molecule has 0 fully saturated rings. The number of hydrogen-bond donors (Lipinski definition) is 1. The number of nitrogens with one attached hydrogen (secondary N) is 1. The fourth-order valence-electron chi connectivity index (χ4n) is 3.43. The van der Waals surface area contributed by atoms with Gasteiger partial charge in [-0.05, 0) is 47.8 Å². The van der Waals surface area contributed by atoms with Gasteiger partial charge in [0.1, 0.15) is 0 Å². The van der Waals surface area contributed by atoms with Gasteiger partial charge in [-0.1, -0.05) is 13.0 Å². The third-order valence-electron chi connectivity index (χ3n) is 4.43. The highest BCUT2D eigenvalue weighted by atomic mass is 32.1. The van der Waals surface area contributed by atoms with Crippen molar-refractivity contribution in [3.63, 3.8) is 0 Å². The Hall–Kier alpha value is -1.13. The van der Waals surface area contributed by atoms with Crippen LogP contribution >= 0.6 is 22.7 Å². The largest absolute Gasteiger partial charge is 0.317 e. The SMILES string of the molecule is C[C@@H]1CCc2c(sc3c2[C@@H](c2cccs2)CC(=O)N3)C1. The second kappa shape index (κ2) is 4.71. The molecule has 1 N–H and O–H groups in total. The average Bonchev–Trinajstić information content (AvgIpc) is 3.03. The smallest absolute Gasteiger partial charge is 0.225 e. The summed E-state index contributed by atoms with van der Waals surface area (Å²) >= 11 is 3.59. The lowest BCUT2D eigenvalue weighted by atomic mass is 9.82. The molecule has 1 aliphatic carbocycles. The molecule has 3 heterocycles. The van der Waals surface area contributed by atoms with Crippen LogP contribution in [0.4, 0.5) is 5.00 Å². The molecule has 0 saturated heterocycles. The van der Waals surface area contributed by atoms with Gasteiger partial charge in [0.2, 0.25) is 5.91 Å². The quantitative estimate of drug-likeness (QED) is 0.830. The second-order valence-electron chi connectivity index (χ2n) is 5.91. The van der Waals surface area contributed by atoms with E-state index in [1.54, 1.807) is 16.9 Å². The molecule has 2 aromatic rings. The average molecular weight is 303 g/mol. The number of rotatable bonds is 1. The van der Waals surface area contributed by atoms with E-state index in [9.17, 15) is 4.79 Å². The van der Waals surface area contributed by atoms with Gasteiger partial charge in [0.05, 0.1) is 5.00 Å². The Bertz CT molecular complexity index is 656. The predicted molar refractivity (Wildman–Crippen MR) is 84.9 cm³/mol. The van der Waals surface area contributed by atoms with Gasteiger partial charge in [0, 0.05) is 22.1 Å². The molecule has 0 unspecified atom stereocenters. The molecule has 0 bridgehead atoms. The molecule has 2 aromatic heterocycles. The maximum absolute atomic E-state index is 12.0. The molecule has 1 amide bonds. The molecule has 1 aliphatic heterocycles. The molecule has 0 spiro atoms. The molecule has 2 nitrogen and oxygen atoms in total. The van der Waals surface area contributed by atoms with E-state index in [1.165, 1.54) is 34.6 Å². The molecule has 104 valence electrons. The highest BCUT2D eigenvalue weighted by molar-refractivity contribution is 7.16. The Morgan fingerprint density at radius 2 is 2.25 bits per heavy atom. The standard InChI is InChI=1S/C16H17NOS2/c1-9-4-5-10-13(7-9)20-16-15(10)11(8-14(18)17-16)12-3-2-6-19-12/h2-3,6,9,11H,4-5,7-8H2,1H3,(H,17,18)/t9-,11-/m1/s1. The molecular formula is C16H17NOS2. The molecule has 20 heavy (non-hydrogen) atoms. The first-order valence-corrected chi connectivity index (χ1v) is 8.89. The lowest BCUT2D eigenvalue weighted by Gasteiger charge is -2.25. The molecule has 2 atom stereocenters. The van der Waals surface area contributed by atoms with Crippen molar-refractivity contribution in [1.29, 1.82) is 0 Å². The third kappa shape index (κ3) is 1.93. The van der Waals surface area contributed by atoms with Crippen molar-refractivity contribution >= 4 is 33.6 Å². The molecule has 0 radical (unpaired) electrons. The van der Waals surface area contributed by atoms with Gasteiger partial charge in [-0.2, -0.15) is 0 Å². The normalized spacial score (nSPS) is 24.9. The zero-order valence-corrected chi connectivity index (χ0v) is 13.1. The summed E-state index contributed by atoms with van der Waals surface area (Å²) < 4.78 is 0. The van der Waals surface area contributed by atoms with E-state index < -0.39 is 0 Å². The van der Waals surface area contributed by atoms with E-state index in [1.807, 2.05) is 11.3 Å². The van der Waals surface area contributed by atoms with Crippen molar-refractivity contribution < 1.29 is 4.79 Å². The summed E-state index contributed by atoms with van der Waals surface area (Å²) in [5.74, 6) is 1.23. The Balaban J connectivity index is 1.85. The molecule has 4 heteroatoms. The van der Waals surface area contributed by atoms with Crippen LogP contribution in [-0.4, -0.2) is 5.91 Å². The van der Waals surface area contributed by atoms with Crippen LogP contribution in [0.3, 0.4) is 0 Å². The summed E-state index contributed by atoms with van der Waals surface area (Å²) in [6.45, 7) is 2.33. The highest BCUT2D eigenvalue weighted by Crippen LogP contribution is 2.48. The Morgan fingerprint density at radius 1 is 1.35 bits per heavy atom. The number of amides is 1. The zero-order chi connectivity index (χ0) is 13.7. The topological polar surface area (TPSA) is 29.1 Å². The van der Waals surface area contributed by atoms with Crippen LogP contribution in [0.2, 0.25) is 0 Å². The lowest BCUT2D eigenvalue weighted by molar-refractivity contribution is -0.116. The minimum absolute atomic E-state index is 0.169. The van der Waals surface area contributed by atoms with Gasteiger partial charge in [0.25, 0.3) is 0 Å². The van der Waals surface area contributed by atoms with Crippen molar-refractivity contribution in [2.45, 2.75) is 38.5 Å². The Labute approximate surface area is 126 Å². The fourth-order valence-corrected chi connectivity index (χ4v) is 5.76. The lowest BCUT2D eigenvalue weighted by Crippen LogP contribution is -2.23. The van der Waals surface area contributed by atoms with Gasteiger partial charge in [-0.25, -0.2) is 0 Å². The van der Waals surface area contributed by atoms with Crippen LogP contribution in [0.25, 0.3) is 0 Å². The monoisotopic (exact) mass is 303 g/mol.